The van der Waals surface area contributed by atoms with Gasteiger partial charge in [-0.05, 0) is 43.5 Å². The molecule has 2 aromatic rings. The molecule has 0 atom stereocenters. The van der Waals surface area contributed by atoms with Gasteiger partial charge in [-0.1, -0.05) is 6.07 Å². The summed E-state index contributed by atoms with van der Waals surface area (Å²) in [6.45, 7) is 0.770. The van der Waals surface area contributed by atoms with E-state index in [2.05, 4.69) is 27.5 Å². The highest BCUT2D eigenvalue weighted by molar-refractivity contribution is 5.74. The van der Waals surface area contributed by atoms with E-state index in [0.29, 0.717) is 0 Å². The molecule has 0 aliphatic heterocycles. The summed E-state index contributed by atoms with van der Waals surface area (Å²) in [5.41, 5.74) is 8.61. The summed E-state index contributed by atoms with van der Waals surface area (Å²) in [6, 6.07) is 6.17. The number of unbranched alkanes of at least 4 members (excludes halogenated alkanes) is 1. The highest BCUT2D eigenvalue weighted by Gasteiger charge is 1.99. The zero-order chi connectivity index (χ0) is 9.80. The number of nitrogens with zero attached hydrogens (tertiary/aromatic N) is 2. The first-order valence-corrected chi connectivity index (χ1v) is 4.89. The summed E-state index contributed by atoms with van der Waals surface area (Å²) in [5, 5.41) is 10.7. The van der Waals surface area contributed by atoms with Gasteiger partial charge in [0.2, 0.25) is 0 Å². The molecule has 0 amide bonds. The van der Waals surface area contributed by atoms with Crippen LogP contribution in [0.4, 0.5) is 0 Å². The molecule has 3 N–H and O–H groups in total. The molecule has 2 rings (SSSR count). The van der Waals surface area contributed by atoms with Crippen LogP contribution in [0.2, 0.25) is 0 Å². The maximum Gasteiger partial charge on any atom is 0.113 e. The number of rotatable bonds is 4. The van der Waals surface area contributed by atoms with Gasteiger partial charge < -0.3 is 5.73 Å². The van der Waals surface area contributed by atoms with Gasteiger partial charge in [0.05, 0.1) is 0 Å². The Morgan fingerprint density at radius 2 is 2.00 bits per heavy atom. The topological polar surface area (TPSA) is 67.6 Å². The minimum atomic E-state index is 0.770. The lowest BCUT2D eigenvalue weighted by Gasteiger charge is -1.99. The number of nitrogens with one attached hydrogen (secondary N) is 1. The van der Waals surface area contributed by atoms with Crippen molar-refractivity contribution in [3.05, 3.63) is 23.8 Å². The van der Waals surface area contributed by atoms with Crippen LogP contribution >= 0.6 is 0 Å². The van der Waals surface area contributed by atoms with E-state index in [0.717, 1.165) is 36.8 Å². The second kappa shape index (κ2) is 4.19. The molecule has 74 valence electrons. The van der Waals surface area contributed by atoms with Crippen LogP contribution in [0.15, 0.2) is 18.2 Å². The molecule has 1 aromatic carbocycles. The summed E-state index contributed by atoms with van der Waals surface area (Å²) in [6.07, 6.45) is 3.29. The SMILES string of the molecule is NCCCCc1ccc2n[nH]nc2c1. The standard InChI is InChI=1S/C10H14N4/c11-6-2-1-3-8-4-5-9-10(7-8)13-14-12-9/h4-5,7H,1-3,6,11H2,(H,12,13,14). The Morgan fingerprint density at radius 1 is 1.14 bits per heavy atom. The fraction of sp³-hybridized carbons (Fsp3) is 0.400. The predicted molar refractivity (Wildman–Crippen MR) is 55.9 cm³/mol. The van der Waals surface area contributed by atoms with Crippen molar-refractivity contribution in [2.75, 3.05) is 6.54 Å². The molecule has 4 nitrogen and oxygen atoms in total. The molecule has 0 radical (unpaired) electrons. The van der Waals surface area contributed by atoms with E-state index in [1.165, 1.54) is 5.56 Å². The monoisotopic (exact) mass is 190 g/mol. The third-order valence-electron chi connectivity index (χ3n) is 2.30. The van der Waals surface area contributed by atoms with Crippen LogP contribution in [0.3, 0.4) is 0 Å². The first-order valence-electron chi connectivity index (χ1n) is 4.89. The largest absolute Gasteiger partial charge is 0.330 e. The lowest BCUT2D eigenvalue weighted by atomic mass is 10.1. The number of aromatic nitrogens is 3. The fourth-order valence-electron chi connectivity index (χ4n) is 1.51. The van der Waals surface area contributed by atoms with E-state index in [1.54, 1.807) is 0 Å². The molecular formula is C10H14N4. The normalized spacial score (nSPS) is 10.9. The van der Waals surface area contributed by atoms with Gasteiger partial charge in [-0.25, -0.2) is 0 Å². The van der Waals surface area contributed by atoms with Crippen LogP contribution in [-0.2, 0) is 6.42 Å². The quantitative estimate of drug-likeness (QED) is 0.713. The van der Waals surface area contributed by atoms with Crippen molar-refractivity contribution in [2.45, 2.75) is 19.3 Å². The van der Waals surface area contributed by atoms with Crippen molar-refractivity contribution in [1.82, 2.24) is 15.4 Å². The van der Waals surface area contributed by atoms with Crippen LogP contribution < -0.4 is 5.73 Å². The van der Waals surface area contributed by atoms with Crippen LogP contribution in [0.1, 0.15) is 18.4 Å². The molecule has 1 aromatic heterocycles. The minimum Gasteiger partial charge on any atom is -0.330 e. The van der Waals surface area contributed by atoms with Gasteiger partial charge >= 0.3 is 0 Å². The molecule has 0 saturated heterocycles. The van der Waals surface area contributed by atoms with Gasteiger partial charge in [0.15, 0.2) is 0 Å². The van der Waals surface area contributed by atoms with E-state index in [4.69, 9.17) is 5.73 Å². The number of hydrogen-bond donors (Lipinski definition) is 2. The Labute approximate surface area is 82.5 Å². The summed E-state index contributed by atoms with van der Waals surface area (Å²) in [5.74, 6) is 0. The summed E-state index contributed by atoms with van der Waals surface area (Å²) < 4.78 is 0. The van der Waals surface area contributed by atoms with Crippen molar-refractivity contribution >= 4 is 11.0 Å². The molecule has 0 aliphatic carbocycles. The maximum absolute atomic E-state index is 5.44. The van der Waals surface area contributed by atoms with Gasteiger partial charge in [-0.2, -0.15) is 15.4 Å². The van der Waals surface area contributed by atoms with Crippen molar-refractivity contribution in [3.8, 4) is 0 Å². The molecule has 14 heavy (non-hydrogen) atoms. The Hall–Kier alpha value is -1.42. The third kappa shape index (κ3) is 1.90. The molecule has 1 heterocycles. The number of H-pyrrole nitrogens is 1. The Morgan fingerprint density at radius 3 is 2.86 bits per heavy atom. The molecule has 0 aliphatic rings. The Balaban J connectivity index is 2.10. The lowest BCUT2D eigenvalue weighted by molar-refractivity contribution is 0.745. The smallest absolute Gasteiger partial charge is 0.113 e. The average molecular weight is 190 g/mol. The average Bonchev–Trinajstić information content (AvgIpc) is 2.65. The Bertz CT molecular complexity index is 407. The molecule has 0 saturated carbocycles. The zero-order valence-electron chi connectivity index (χ0n) is 8.03. The van der Waals surface area contributed by atoms with Gasteiger partial charge in [-0.3, -0.25) is 0 Å². The molecule has 0 spiro atoms. The van der Waals surface area contributed by atoms with E-state index in [-0.39, 0.29) is 0 Å². The minimum absolute atomic E-state index is 0.770. The van der Waals surface area contributed by atoms with Crippen molar-refractivity contribution in [3.63, 3.8) is 0 Å². The first-order chi connectivity index (χ1) is 6.90. The lowest BCUT2D eigenvalue weighted by Crippen LogP contribution is -1.98. The maximum atomic E-state index is 5.44. The zero-order valence-corrected chi connectivity index (χ0v) is 8.03. The summed E-state index contributed by atoms with van der Waals surface area (Å²) in [4.78, 5) is 0. The van der Waals surface area contributed by atoms with Crippen LogP contribution in [0, 0.1) is 0 Å². The number of hydrogen-bond acceptors (Lipinski definition) is 3. The number of aromatic amines is 1. The van der Waals surface area contributed by atoms with Gasteiger partial charge in [0, 0.05) is 0 Å². The molecule has 0 unspecified atom stereocenters. The van der Waals surface area contributed by atoms with E-state index >= 15 is 0 Å². The van der Waals surface area contributed by atoms with Crippen LogP contribution in [-0.4, -0.2) is 22.0 Å². The van der Waals surface area contributed by atoms with E-state index in [9.17, 15) is 0 Å². The number of nitrogens with two attached hydrogens (primary N) is 1. The van der Waals surface area contributed by atoms with Crippen LogP contribution in [0.25, 0.3) is 11.0 Å². The highest BCUT2D eigenvalue weighted by Crippen LogP contribution is 2.12. The van der Waals surface area contributed by atoms with Gasteiger partial charge in [0.1, 0.15) is 11.0 Å². The highest BCUT2D eigenvalue weighted by atomic mass is 15.3. The number of aryl methyl sites for hydroxylation is 1. The Kier molecular flexibility index (Phi) is 2.74. The third-order valence-corrected chi connectivity index (χ3v) is 2.30. The molecule has 0 bridgehead atoms. The van der Waals surface area contributed by atoms with Crippen molar-refractivity contribution < 1.29 is 0 Å². The second-order valence-electron chi connectivity index (χ2n) is 3.39. The molecule has 0 fully saturated rings. The van der Waals surface area contributed by atoms with Crippen molar-refractivity contribution in [2.24, 2.45) is 5.73 Å². The van der Waals surface area contributed by atoms with Crippen LogP contribution in [0.5, 0.6) is 0 Å². The fourth-order valence-corrected chi connectivity index (χ4v) is 1.51. The second-order valence-corrected chi connectivity index (χ2v) is 3.39. The molecular weight excluding hydrogens is 176 g/mol. The summed E-state index contributed by atoms with van der Waals surface area (Å²) in [7, 11) is 0. The number of benzene rings is 1. The van der Waals surface area contributed by atoms with E-state index < -0.39 is 0 Å². The number of fused-ring (bicyclic) bond motifs is 1. The predicted octanol–water partition coefficient (Wildman–Crippen LogP) is 1.24. The summed E-state index contributed by atoms with van der Waals surface area (Å²) >= 11 is 0. The molecule has 4 heteroatoms. The van der Waals surface area contributed by atoms with Crippen molar-refractivity contribution in [1.29, 1.82) is 0 Å². The van der Waals surface area contributed by atoms with Gasteiger partial charge in [0.25, 0.3) is 0 Å². The van der Waals surface area contributed by atoms with E-state index in [1.807, 2.05) is 6.07 Å². The first kappa shape index (κ1) is 9.15. The van der Waals surface area contributed by atoms with Gasteiger partial charge in [-0.15, -0.1) is 0 Å².